The Morgan fingerprint density at radius 1 is 1.00 bits per heavy atom. The number of Topliss-reactive ketones (excluding diaryl/α,β-unsaturated/α-hetero) is 1. The molecule has 0 saturated carbocycles. The molecule has 0 radical (unpaired) electrons. The van der Waals surface area contributed by atoms with Crippen LogP contribution in [0.2, 0.25) is 0 Å². The van der Waals surface area contributed by atoms with Crippen molar-refractivity contribution in [3.63, 3.8) is 0 Å². The zero-order chi connectivity index (χ0) is 30.3. The minimum Gasteiger partial charge on any atom is -0.539 e. The Bertz CT molecular complexity index is 1840. The van der Waals surface area contributed by atoms with Crippen LogP contribution in [0.15, 0.2) is 40.9 Å². The summed E-state index contributed by atoms with van der Waals surface area (Å²) in [4.78, 5) is 31.9. The van der Waals surface area contributed by atoms with Crippen LogP contribution in [0.25, 0.3) is 27.0 Å². The predicted molar refractivity (Wildman–Crippen MR) is 151 cm³/mol. The maximum Gasteiger partial charge on any atom is 0.312 e. The van der Waals surface area contributed by atoms with Crippen LogP contribution in [0.3, 0.4) is 0 Å². The van der Waals surface area contributed by atoms with Crippen LogP contribution in [-0.2, 0) is 0 Å². The lowest BCUT2D eigenvalue weighted by Crippen LogP contribution is -2.39. The van der Waals surface area contributed by atoms with Crippen LogP contribution in [0.1, 0.15) is 38.3 Å². The van der Waals surface area contributed by atoms with E-state index in [1.807, 2.05) is 0 Å². The summed E-state index contributed by atoms with van der Waals surface area (Å²) in [6, 6.07) is 9.94. The molecule has 42 heavy (non-hydrogen) atoms. The van der Waals surface area contributed by atoms with E-state index in [0.717, 1.165) is 16.0 Å². The third kappa shape index (κ3) is 4.53. The van der Waals surface area contributed by atoms with Crippen LogP contribution in [0, 0.1) is 6.92 Å². The molecule has 216 valence electrons. The molecular formula is C29H26N4O8S. The number of hydrogen-bond donors (Lipinski definition) is 1. The second-order valence-corrected chi connectivity index (χ2v) is 10.1. The number of fused-ring (bicyclic) bond motifs is 1. The molecule has 13 heteroatoms. The molecule has 5 aromatic rings. The van der Waals surface area contributed by atoms with Crippen molar-refractivity contribution < 1.29 is 42.8 Å². The van der Waals surface area contributed by atoms with Crippen molar-refractivity contribution in [3.8, 4) is 45.8 Å². The monoisotopic (exact) mass is 590 g/mol. The van der Waals surface area contributed by atoms with Crippen LogP contribution in [0.5, 0.6) is 28.9 Å². The second kappa shape index (κ2) is 11.0. The van der Waals surface area contributed by atoms with Gasteiger partial charge in [0.1, 0.15) is 15.5 Å². The van der Waals surface area contributed by atoms with Gasteiger partial charge in [0.05, 0.1) is 45.1 Å². The van der Waals surface area contributed by atoms with Gasteiger partial charge in [-0.1, -0.05) is 0 Å². The summed E-state index contributed by atoms with van der Waals surface area (Å²) < 4.78 is 27.7. The number of carbonyl (C=O) groups is 2. The van der Waals surface area contributed by atoms with E-state index in [-0.39, 0.29) is 22.0 Å². The number of nitrogens with two attached hydrogens (primary N) is 1. The highest BCUT2D eigenvalue weighted by Gasteiger charge is 2.34. The number of thiophene rings is 1. The summed E-state index contributed by atoms with van der Waals surface area (Å²) in [7, 11) is 5.96. The Hall–Kier alpha value is -5.17. The summed E-state index contributed by atoms with van der Waals surface area (Å²) in [5.41, 5.74) is 8.44. The molecule has 0 aliphatic carbocycles. The highest BCUT2D eigenvalue weighted by molar-refractivity contribution is 7.21. The van der Waals surface area contributed by atoms with Gasteiger partial charge < -0.3 is 34.3 Å². The van der Waals surface area contributed by atoms with E-state index in [9.17, 15) is 14.7 Å². The smallest absolute Gasteiger partial charge is 0.312 e. The zero-order valence-corrected chi connectivity index (χ0v) is 24.4. The minimum absolute atomic E-state index is 0.0360. The van der Waals surface area contributed by atoms with Crippen molar-refractivity contribution in [1.82, 2.24) is 10.3 Å². The first kappa shape index (κ1) is 28.4. The number of hydrogen-bond acceptors (Lipinski definition) is 12. The summed E-state index contributed by atoms with van der Waals surface area (Å²) in [5, 5.41) is 16.9. The molecule has 2 aromatic carbocycles. The van der Waals surface area contributed by atoms with Gasteiger partial charge in [-0.2, -0.15) is 0 Å². The second-order valence-electron chi connectivity index (χ2n) is 9.09. The Labute approximate surface area is 243 Å². The number of benzene rings is 2. The zero-order valence-electron chi connectivity index (χ0n) is 23.6. The van der Waals surface area contributed by atoms with E-state index in [2.05, 4.69) is 10.3 Å². The van der Waals surface area contributed by atoms with E-state index >= 15 is 0 Å². The van der Waals surface area contributed by atoms with Crippen LogP contribution in [-0.4, -0.2) is 50.3 Å². The molecule has 0 fully saturated rings. The number of aryl methyl sites for hydroxylation is 1. The number of ketones is 2. The van der Waals surface area contributed by atoms with E-state index < -0.39 is 11.7 Å². The van der Waals surface area contributed by atoms with Crippen LogP contribution in [0.4, 0.5) is 5.69 Å². The maximum absolute atomic E-state index is 13.9. The molecule has 3 aromatic heterocycles. The first-order valence-electron chi connectivity index (χ1n) is 12.5. The van der Waals surface area contributed by atoms with Gasteiger partial charge in [0.25, 0.3) is 5.78 Å². The Morgan fingerprint density at radius 2 is 1.64 bits per heavy atom. The van der Waals surface area contributed by atoms with Crippen molar-refractivity contribution >= 4 is 38.8 Å². The molecule has 0 aliphatic rings. The fraction of sp³-hybridized carbons (Fsp3) is 0.207. The number of rotatable bonds is 9. The number of nitrogen functional groups attached to an aromatic ring is 1. The van der Waals surface area contributed by atoms with Crippen molar-refractivity contribution in [1.29, 1.82) is 0 Å². The molecular weight excluding hydrogens is 564 g/mol. The van der Waals surface area contributed by atoms with E-state index in [1.54, 1.807) is 43.3 Å². The molecule has 0 saturated heterocycles. The topological polar surface area (TPSA) is 163 Å². The Balaban J connectivity index is 1.77. The number of methoxy groups -OCH3 is 4. The van der Waals surface area contributed by atoms with Gasteiger partial charge >= 0.3 is 5.69 Å². The van der Waals surface area contributed by atoms with Crippen molar-refractivity contribution in [2.45, 2.75) is 13.8 Å². The lowest BCUT2D eigenvalue weighted by molar-refractivity contribution is -0.672. The first-order valence-corrected chi connectivity index (χ1v) is 13.3. The molecule has 5 rings (SSSR count). The normalized spacial score (nSPS) is 11.0. The number of aromatic nitrogens is 3. The first-order chi connectivity index (χ1) is 20.1. The molecule has 2 N–H and O–H groups in total. The van der Waals surface area contributed by atoms with E-state index in [4.69, 9.17) is 29.2 Å². The lowest BCUT2D eigenvalue weighted by Gasteiger charge is -2.17. The van der Waals surface area contributed by atoms with Crippen molar-refractivity contribution in [2.24, 2.45) is 0 Å². The Morgan fingerprint density at radius 3 is 2.19 bits per heavy atom. The molecule has 0 atom stereocenters. The summed E-state index contributed by atoms with van der Waals surface area (Å²) in [6.45, 7) is 3.12. The number of ether oxygens (including phenoxy) is 4. The average Bonchev–Trinajstić information content (AvgIpc) is 3.54. The predicted octanol–water partition coefficient (Wildman–Crippen LogP) is 3.66. The molecule has 0 spiro atoms. The molecule has 0 bridgehead atoms. The van der Waals surface area contributed by atoms with Crippen LogP contribution < -0.4 is 34.5 Å². The maximum atomic E-state index is 13.9. The number of anilines is 1. The fourth-order valence-electron chi connectivity index (χ4n) is 4.82. The van der Waals surface area contributed by atoms with Gasteiger partial charge in [0.15, 0.2) is 23.2 Å². The number of nitrogens with zero attached hydrogens (tertiary/aromatic N) is 3. The third-order valence-corrected chi connectivity index (χ3v) is 7.81. The third-order valence-electron chi connectivity index (χ3n) is 6.71. The van der Waals surface area contributed by atoms with Gasteiger partial charge in [-0.3, -0.25) is 9.59 Å². The molecule has 0 aliphatic heterocycles. The lowest BCUT2D eigenvalue weighted by atomic mass is 9.92. The Kier molecular flexibility index (Phi) is 7.44. The molecule has 12 nitrogen and oxygen atoms in total. The molecule has 0 unspecified atom stereocenters. The van der Waals surface area contributed by atoms with Gasteiger partial charge in [-0.15, -0.1) is 11.3 Å². The molecule has 3 heterocycles. The van der Waals surface area contributed by atoms with Gasteiger partial charge in [-0.05, 0) is 48.4 Å². The van der Waals surface area contributed by atoms with E-state index in [0.29, 0.717) is 61.3 Å². The van der Waals surface area contributed by atoms with Gasteiger partial charge in [0, 0.05) is 28.6 Å². The van der Waals surface area contributed by atoms with Crippen molar-refractivity contribution in [2.75, 3.05) is 34.2 Å². The van der Waals surface area contributed by atoms with E-state index in [1.165, 1.54) is 35.4 Å². The molecule has 0 amide bonds. The standard InChI is InChI=1S/C29H26N4O8S/c1-13-20(14(2)34)21(15-11-18(38-4)26(40-6)19(12-15)39-5)22-23(30)27(42-28(22)31-13)25(35)24-29(36)41-32-33(24)16-7-9-17(37-3)10-8-16/h7-12H,1-6H3,(H2-,30,32,35,36). The quantitative estimate of drug-likeness (QED) is 0.197. The summed E-state index contributed by atoms with van der Waals surface area (Å²) in [6.07, 6.45) is 0. The summed E-state index contributed by atoms with van der Waals surface area (Å²) in [5.74, 6) is -0.259. The largest absolute Gasteiger partial charge is 0.539 e. The van der Waals surface area contributed by atoms with Crippen LogP contribution >= 0.6 is 11.3 Å². The number of carbonyl (C=O) groups excluding carboxylic acids is 2. The van der Waals surface area contributed by atoms with Gasteiger partial charge in [0.2, 0.25) is 11.4 Å². The average molecular weight is 591 g/mol. The van der Waals surface area contributed by atoms with Crippen molar-refractivity contribution in [3.05, 3.63) is 58.2 Å². The SMILES string of the molecule is COc1ccc(-[n+]2noc([O-])c2C(=O)c2sc3nc(C)c(C(C)=O)c(-c4cc(OC)c(OC)c(OC)c4)c3c2N)cc1. The fourth-order valence-corrected chi connectivity index (χ4v) is 5.92. The summed E-state index contributed by atoms with van der Waals surface area (Å²) >= 11 is 0.994. The highest BCUT2D eigenvalue weighted by Crippen LogP contribution is 2.47. The highest BCUT2D eigenvalue weighted by atomic mass is 32.1. The number of pyridine rings is 1. The minimum atomic E-state index is -0.939. The van der Waals surface area contributed by atoms with Gasteiger partial charge in [-0.25, -0.2) is 4.98 Å².